The molecule has 0 aliphatic carbocycles. The summed E-state index contributed by atoms with van der Waals surface area (Å²) in [6, 6.07) is 14.2. The number of nitro groups is 1. The number of nitrogens with one attached hydrogen (secondary N) is 1. The number of non-ortho nitro benzene ring substituents is 1. The summed E-state index contributed by atoms with van der Waals surface area (Å²) in [5, 5.41) is 13.8. The van der Waals surface area contributed by atoms with E-state index < -0.39 is 16.9 Å². The number of hydrogen-bond acceptors (Lipinski definition) is 5. The van der Waals surface area contributed by atoms with Crippen LogP contribution in [0.2, 0.25) is 5.02 Å². The van der Waals surface area contributed by atoms with Crippen LogP contribution in [-0.2, 0) is 11.3 Å². The van der Waals surface area contributed by atoms with Gasteiger partial charge in [-0.2, -0.15) is 0 Å². The number of carbonyl (C=O) groups excluding carboxylic acids is 2. The number of furan rings is 1. The Kier molecular flexibility index (Phi) is 5.31. The van der Waals surface area contributed by atoms with Gasteiger partial charge in [-0.05, 0) is 30.7 Å². The maximum absolute atomic E-state index is 12.7. The molecule has 4 rings (SSSR count). The molecule has 1 aromatic heterocycles. The maximum atomic E-state index is 12.7. The number of carbonyl (C=O) groups is 2. The first kappa shape index (κ1) is 20.4. The predicted molar refractivity (Wildman–Crippen MR) is 114 cm³/mol. The van der Waals surface area contributed by atoms with Crippen LogP contribution in [-0.4, -0.2) is 21.8 Å². The van der Waals surface area contributed by atoms with Crippen molar-refractivity contribution in [1.82, 2.24) is 10.2 Å². The van der Waals surface area contributed by atoms with Crippen molar-refractivity contribution in [2.24, 2.45) is 0 Å². The Morgan fingerprint density at radius 2 is 1.87 bits per heavy atom. The molecular formula is C22H16ClN3O5. The Morgan fingerprint density at radius 1 is 1.13 bits per heavy atom. The SMILES string of the molecule is Cc1ccc(CN2C(=O)N/C(=C/c3ccc(-c4cc([N+](=O)[O-])ccc4Cl)o3)C2=O)cc1. The van der Waals surface area contributed by atoms with Gasteiger partial charge in [0.15, 0.2) is 0 Å². The van der Waals surface area contributed by atoms with E-state index in [1.54, 1.807) is 12.1 Å². The van der Waals surface area contributed by atoms with Gasteiger partial charge in [0, 0.05) is 23.8 Å². The van der Waals surface area contributed by atoms with Crippen LogP contribution < -0.4 is 5.32 Å². The normalized spacial score (nSPS) is 14.9. The van der Waals surface area contributed by atoms with Gasteiger partial charge in [0.25, 0.3) is 11.6 Å². The average molecular weight is 438 g/mol. The molecule has 0 saturated carbocycles. The molecule has 0 unspecified atom stereocenters. The minimum atomic E-state index is -0.527. The van der Waals surface area contributed by atoms with Crippen LogP contribution in [0.4, 0.5) is 10.5 Å². The highest BCUT2D eigenvalue weighted by Gasteiger charge is 2.33. The summed E-state index contributed by atoms with van der Waals surface area (Å²) in [6.07, 6.45) is 1.41. The van der Waals surface area contributed by atoms with Crippen molar-refractivity contribution in [3.8, 4) is 11.3 Å². The van der Waals surface area contributed by atoms with Crippen molar-refractivity contribution < 1.29 is 18.9 Å². The number of benzene rings is 2. The summed E-state index contributed by atoms with van der Waals surface area (Å²) in [5.74, 6) is 0.115. The number of nitrogens with zero attached hydrogens (tertiary/aromatic N) is 2. The van der Waals surface area contributed by atoms with E-state index in [1.807, 2.05) is 31.2 Å². The van der Waals surface area contributed by atoms with Gasteiger partial charge in [-0.25, -0.2) is 4.79 Å². The molecule has 0 atom stereocenters. The molecule has 2 heterocycles. The monoisotopic (exact) mass is 437 g/mol. The first-order valence-corrected chi connectivity index (χ1v) is 9.64. The van der Waals surface area contributed by atoms with Crippen LogP contribution in [0, 0.1) is 17.0 Å². The molecule has 0 bridgehead atoms. The van der Waals surface area contributed by atoms with Crippen LogP contribution in [0.5, 0.6) is 0 Å². The number of rotatable bonds is 5. The van der Waals surface area contributed by atoms with Crippen LogP contribution in [0.3, 0.4) is 0 Å². The van der Waals surface area contributed by atoms with Gasteiger partial charge in [0.2, 0.25) is 0 Å². The summed E-state index contributed by atoms with van der Waals surface area (Å²) < 4.78 is 5.69. The topological polar surface area (TPSA) is 106 Å². The van der Waals surface area contributed by atoms with E-state index in [-0.39, 0.29) is 23.0 Å². The van der Waals surface area contributed by atoms with E-state index in [1.165, 1.54) is 24.3 Å². The first-order chi connectivity index (χ1) is 14.8. The molecule has 156 valence electrons. The number of hydrogen-bond donors (Lipinski definition) is 1. The third-order valence-electron chi connectivity index (χ3n) is 4.76. The molecule has 1 fully saturated rings. The largest absolute Gasteiger partial charge is 0.457 e. The molecule has 1 N–H and O–H groups in total. The lowest BCUT2D eigenvalue weighted by atomic mass is 10.1. The molecule has 3 amide bonds. The van der Waals surface area contributed by atoms with Crippen molar-refractivity contribution in [3.05, 3.63) is 92.3 Å². The Morgan fingerprint density at radius 3 is 2.58 bits per heavy atom. The lowest BCUT2D eigenvalue weighted by Crippen LogP contribution is -2.30. The van der Waals surface area contributed by atoms with Gasteiger partial charge >= 0.3 is 6.03 Å². The second-order valence-electron chi connectivity index (χ2n) is 6.99. The summed E-state index contributed by atoms with van der Waals surface area (Å²) in [4.78, 5) is 36.5. The molecular weight excluding hydrogens is 422 g/mol. The number of nitro benzene ring substituents is 1. The fourth-order valence-electron chi connectivity index (χ4n) is 3.12. The zero-order valence-electron chi connectivity index (χ0n) is 16.3. The zero-order valence-corrected chi connectivity index (χ0v) is 17.1. The van der Waals surface area contributed by atoms with E-state index in [0.29, 0.717) is 17.1 Å². The molecule has 0 radical (unpaired) electrons. The van der Waals surface area contributed by atoms with Gasteiger partial charge in [0.1, 0.15) is 17.2 Å². The van der Waals surface area contributed by atoms with Gasteiger partial charge < -0.3 is 9.73 Å². The zero-order chi connectivity index (χ0) is 22.1. The van der Waals surface area contributed by atoms with Gasteiger partial charge in [-0.1, -0.05) is 41.4 Å². The van der Waals surface area contributed by atoms with Crippen LogP contribution >= 0.6 is 11.6 Å². The van der Waals surface area contributed by atoms with E-state index in [0.717, 1.165) is 16.0 Å². The summed E-state index contributed by atoms with van der Waals surface area (Å²) in [7, 11) is 0. The maximum Gasteiger partial charge on any atom is 0.329 e. The minimum absolute atomic E-state index is 0.0724. The summed E-state index contributed by atoms with van der Waals surface area (Å²) in [5.41, 5.74) is 2.21. The van der Waals surface area contributed by atoms with Gasteiger partial charge in [0.05, 0.1) is 16.5 Å². The van der Waals surface area contributed by atoms with E-state index in [9.17, 15) is 19.7 Å². The third-order valence-corrected chi connectivity index (χ3v) is 5.09. The Balaban J connectivity index is 1.56. The third kappa shape index (κ3) is 4.19. The molecule has 31 heavy (non-hydrogen) atoms. The Hall–Kier alpha value is -3.91. The summed E-state index contributed by atoms with van der Waals surface area (Å²) >= 11 is 6.15. The molecule has 9 heteroatoms. The van der Waals surface area contributed by atoms with Crippen molar-refractivity contribution in [3.63, 3.8) is 0 Å². The molecule has 8 nitrogen and oxygen atoms in total. The second-order valence-corrected chi connectivity index (χ2v) is 7.40. The highest BCUT2D eigenvalue weighted by Crippen LogP contribution is 2.33. The molecule has 1 aliphatic heterocycles. The van der Waals surface area contributed by atoms with Crippen LogP contribution in [0.1, 0.15) is 16.9 Å². The van der Waals surface area contributed by atoms with E-state index >= 15 is 0 Å². The van der Waals surface area contributed by atoms with Crippen molar-refractivity contribution in [1.29, 1.82) is 0 Å². The number of urea groups is 1. The first-order valence-electron chi connectivity index (χ1n) is 9.26. The van der Waals surface area contributed by atoms with Gasteiger partial charge in [-0.15, -0.1) is 0 Å². The lowest BCUT2D eigenvalue weighted by Gasteiger charge is -2.11. The number of halogens is 1. The highest BCUT2D eigenvalue weighted by atomic mass is 35.5. The Labute approximate surface area is 181 Å². The quantitative estimate of drug-likeness (QED) is 0.264. The molecule has 1 aliphatic rings. The van der Waals surface area contributed by atoms with Crippen molar-refractivity contribution in [2.45, 2.75) is 13.5 Å². The lowest BCUT2D eigenvalue weighted by molar-refractivity contribution is -0.384. The molecule has 3 aromatic rings. The molecule has 1 saturated heterocycles. The average Bonchev–Trinajstić information content (AvgIpc) is 3.30. The van der Waals surface area contributed by atoms with E-state index in [4.69, 9.17) is 16.0 Å². The van der Waals surface area contributed by atoms with Crippen LogP contribution in [0.15, 0.2) is 64.7 Å². The molecule has 0 spiro atoms. The standard InChI is InChI=1S/C22H16ClN3O5/c1-13-2-4-14(5-3-13)12-25-21(27)19(24-22(25)28)11-16-7-9-20(31-16)17-10-15(26(29)30)6-8-18(17)23/h2-11H,12H2,1H3,(H,24,28)/b19-11+. The number of aryl methyl sites for hydroxylation is 1. The smallest absolute Gasteiger partial charge is 0.329 e. The summed E-state index contributed by atoms with van der Waals surface area (Å²) in [6.45, 7) is 2.10. The Bertz CT molecular complexity index is 1230. The predicted octanol–water partition coefficient (Wildman–Crippen LogP) is 4.91. The molecule has 2 aromatic carbocycles. The fraction of sp³-hybridized carbons (Fsp3) is 0.0909. The second kappa shape index (κ2) is 8.08. The van der Waals surface area contributed by atoms with E-state index in [2.05, 4.69) is 5.32 Å². The van der Waals surface area contributed by atoms with Crippen molar-refractivity contribution in [2.75, 3.05) is 0 Å². The fourth-order valence-corrected chi connectivity index (χ4v) is 3.34. The van der Waals surface area contributed by atoms with Crippen molar-refractivity contribution >= 4 is 35.3 Å². The number of imide groups is 1. The minimum Gasteiger partial charge on any atom is -0.457 e. The number of amides is 3. The van der Waals surface area contributed by atoms with Crippen LogP contribution in [0.25, 0.3) is 17.4 Å². The highest BCUT2D eigenvalue weighted by molar-refractivity contribution is 6.33. The van der Waals surface area contributed by atoms with Gasteiger partial charge in [-0.3, -0.25) is 19.8 Å².